The van der Waals surface area contributed by atoms with Gasteiger partial charge in [0.15, 0.2) is 0 Å². The van der Waals surface area contributed by atoms with Gasteiger partial charge < -0.3 is 33.6 Å². The fourth-order valence-electron chi connectivity index (χ4n) is 1.66. The molecule has 0 rings (SSSR count). The van der Waals surface area contributed by atoms with E-state index in [-0.39, 0.29) is 24.0 Å². The SMILES string of the molecule is CCCC[N+](C)(CCO)CCCC.[I-]. The van der Waals surface area contributed by atoms with Crippen molar-refractivity contribution in [2.45, 2.75) is 39.5 Å². The van der Waals surface area contributed by atoms with Crippen LogP contribution in [0.5, 0.6) is 0 Å². The summed E-state index contributed by atoms with van der Waals surface area (Å²) in [6.07, 6.45) is 5.07. The van der Waals surface area contributed by atoms with Gasteiger partial charge in [-0.15, -0.1) is 0 Å². The predicted molar refractivity (Wildman–Crippen MR) is 57.7 cm³/mol. The fraction of sp³-hybridized carbons (Fsp3) is 1.00. The van der Waals surface area contributed by atoms with Gasteiger partial charge in [-0.2, -0.15) is 0 Å². The van der Waals surface area contributed by atoms with E-state index in [4.69, 9.17) is 5.11 Å². The van der Waals surface area contributed by atoms with E-state index in [1.54, 1.807) is 0 Å². The molecule has 0 amide bonds. The topological polar surface area (TPSA) is 20.2 Å². The number of nitrogens with zero attached hydrogens (tertiary/aromatic N) is 1. The molecule has 2 nitrogen and oxygen atoms in total. The maximum Gasteiger partial charge on any atom is 0.102 e. The molecule has 0 aliphatic heterocycles. The number of likely N-dealkylation sites (N-methyl/N-ethyl adjacent to an activating group) is 1. The van der Waals surface area contributed by atoms with Gasteiger partial charge in [-0.05, 0) is 12.8 Å². The maximum atomic E-state index is 8.98. The number of quaternary nitrogens is 1. The summed E-state index contributed by atoms with van der Waals surface area (Å²) in [5.41, 5.74) is 0. The highest BCUT2D eigenvalue weighted by Crippen LogP contribution is 2.07. The first-order valence-electron chi connectivity index (χ1n) is 5.63. The zero-order chi connectivity index (χ0) is 10.2. The first kappa shape index (κ1) is 17.1. The second kappa shape index (κ2) is 10.2. The molecule has 14 heavy (non-hydrogen) atoms. The van der Waals surface area contributed by atoms with Gasteiger partial charge in [0.05, 0.1) is 26.7 Å². The molecule has 0 bridgehead atoms. The van der Waals surface area contributed by atoms with E-state index >= 15 is 0 Å². The van der Waals surface area contributed by atoms with E-state index < -0.39 is 0 Å². The molecule has 0 saturated carbocycles. The molecule has 0 aliphatic rings. The smallest absolute Gasteiger partial charge is 0.102 e. The molecular weight excluding hydrogens is 289 g/mol. The molecule has 0 aromatic heterocycles. The Morgan fingerprint density at radius 1 is 0.929 bits per heavy atom. The zero-order valence-electron chi connectivity index (χ0n) is 9.93. The second-order valence-electron chi connectivity index (χ2n) is 4.22. The number of halogens is 1. The van der Waals surface area contributed by atoms with Crippen molar-refractivity contribution in [2.24, 2.45) is 0 Å². The quantitative estimate of drug-likeness (QED) is 0.451. The highest BCUT2D eigenvalue weighted by molar-refractivity contribution is 4.42. The Labute approximate surface area is 106 Å². The minimum atomic E-state index is 0. The minimum Gasteiger partial charge on any atom is -1.00 e. The summed E-state index contributed by atoms with van der Waals surface area (Å²) in [4.78, 5) is 0. The Balaban J connectivity index is 0. The van der Waals surface area contributed by atoms with Crippen LogP contribution in [0.25, 0.3) is 0 Å². The van der Waals surface area contributed by atoms with Crippen molar-refractivity contribution >= 4 is 0 Å². The van der Waals surface area contributed by atoms with Crippen molar-refractivity contribution in [3.05, 3.63) is 0 Å². The third-order valence-corrected chi connectivity index (χ3v) is 2.74. The molecule has 3 heteroatoms. The lowest BCUT2D eigenvalue weighted by Crippen LogP contribution is -3.00. The van der Waals surface area contributed by atoms with Crippen LogP contribution in [0.1, 0.15) is 39.5 Å². The number of hydrogen-bond acceptors (Lipinski definition) is 1. The van der Waals surface area contributed by atoms with Crippen LogP contribution >= 0.6 is 0 Å². The van der Waals surface area contributed by atoms with Gasteiger partial charge >= 0.3 is 0 Å². The van der Waals surface area contributed by atoms with Crippen molar-refractivity contribution in [1.29, 1.82) is 0 Å². The van der Waals surface area contributed by atoms with Crippen LogP contribution in [0.3, 0.4) is 0 Å². The van der Waals surface area contributed by atoms with Crippen molar-refractivity contribution in [1.82, 2.24) is 0 Å². The first-order chi connectivity index (χ1) is 6.18. The Hall–Kier alpha value is 0.650. The minimum absolute atomic E-state index is 0. The average molecular weight is 315 g/mol. The van der Waals surface area contributed by atoms with Crippen LogP contribution in [0, 0.1) is 0 Å². The second-order valence-corrected chi connectivity index (χ2v) is 4.22. The summed E-state index contributed by atoms with van der Waals surface area (Å²) in [6, 6.07) is 0. The van der Waals surface area contributed by atoms with Gasteiger partial charge in [0.1, 0.15) is 6.54 Å². The lowest BCUT2D eigenvalue weighted by molar-refractivity contribution is -0.910. The van der Waals surface area contributed by atoms with Crippen LogP contribution in [0.15, 0.2) is 0 Å². The number of rotatable bonds is 8. The maximum absolute atomic E-state index is 8.98. The van der Waals surface area contributed by atoms with Crippen LogP contribution < -0.4 is 24.0 Å². The average Bonchev–Trinajstić information content (AvgIpc) is 2.12. The van der Waals surface area contributed by atoms with E-state index in [0.29, 0.717) is 6.61 Å². The third-order valence-electron chi connectivity index (χ3n) is 2.74. The van der Waals surface area contributed by atoms with Crippen molar-refractivity contribution in [3.63, 3.8) is 0 Å². The Bertz CT molecular complexity index is 112. The van der Waals surface area contributed by atoms with Crippen molar-refractivity contribution < 1.29 is 33.6 Å². The molecule has 0 saturated heterocycles. The Morgan fingerprint density at radius 3 is 1.64 bits per heavy atom. The fourth-order valence-corrected chi connectivity index (χ4v) is 1.66. The summed E-state index contributed by atoms with van der Waals surface area (Å²) >= 11 is 0. The van der Waals surface area contributed by atoms with Gasteiger partial charge in [-0.1, -0.05) is 26.7 Å². The molecule has 0 fully saturated rings. The van der Waals surface area contributed by atoms with E-state index in [2.05, 4.69) is 20.9 Å². The van der Waals surface area contributed by atoms with E-state index in [0.717, 1.165) is 11.0 Å². The number of aliphatic hydroxyl groups excluding tert-OH is 1. The number of hydrogen-bond donors (Lipinski definition) is 1. The van der Waals surface area contributed by atoms with Crippen molar-refractivity contribution in [2.75, 3.05) is 33.3 Å². The summed E-state index contributed by atoms with van der Waals surface area (Å²) in [6.45, 7) is 8.13. The zero-order valence-corrected chi connectivity index (χ0v) is 12.1. The number of unbranched alkanes of at least 4 members (excludes halogenated alkanes) is 2. The van der Waals surface area contributed by atoms with Crippen LogP contribution in [0.4, 0.5) is 0 Å². The molecule has 1 N–H and O–H groups in total. The van der Waals surface area contributed by atoms with Gasteiger partial charge in [0.25, 0.3) is 0 Å². The summed E-state index contributed by atoms with van der Waals surface area (Å²) < 4.78 is 1.05. The van der Waals surface area contributed by atoms with Gasteiger partial charge in [0.2, 0.25) is 0 Å². The van der Waals surface area contributed by atoms with Crippen molar-refractivity contribution in [3.8, 4) is 0 Å². The third kappa shape index (κ3) is 8.00. The molecular formula is C11H26INO. The first-order valence-corrected chi connectivity index (χ1v) is 5.63. The molecule has 0 aromatic carbocycles. The van der Waals surface area contributed by atoms with E-state index in [1.165, 1.54) is 38.8 Å². The lowest BCUT2D eigenvalue weighted by Gasteiger charge is -2.34. The molecule has 88 valence electrons. The van der Waals surface area contributed by atoms with Gasteiger partial charge in [-0.3, -0.25) is 0 Å². The molecule has 0 heterocycles. The van der Waals surface area contributed by atoms with E-state index in [9.17, 15) is 0 Å². The predicted octanol–water partition coefficient (Wildman–Crippen LogP) is -0.970. The van der Waals surface area contributed by atoms with Crippen LogP contribution in [-0.2, 0) is 0 Å². The summed E-state index contributed by atoms with van der Waals surface area (Å²) in [7, 11) is 2.27. The van der Waals surface area contributed by atoms with Crippen LogP contribution in [-0.4, -0.2) is 42.9 Å². The molecule has 0 aliphatic carbocycles. The highest BCUT2D eigenvalue weighted by Gasteiger charge is 2.18. The Morgan fingerprint density at radius 2 is 1.36 bits per heavy atom. The molecule has 0 atom stereocenters. The van der Waals surface area contributed by atoms with Crippen LogP contribution in [0.2, 0.25) is 0 Å². The molecule has 0 radical (unpaired) electrons. The van der Waals surface area contributed by atoms with Gasteiger partial charge in [-0.25, -0.2) is 0 Å². The van der Waals surface area contributed by atoms with Gasteiger partial charge in [0, 0.05) is 0 Å². The molecule has 0 spiro atoms. The molecule has 0 unspecified atom stereocenters. The Kier molecular flexibility index (Phi) is 12.4. The summed E-state index contributed by atoms with van der Waals surface area (Å²) in [5, 5.41) is 8.98. The lowest BCUT2D eigenvalue weighted by atomic mass is 10.2. The largest absolute Gasteiger partial charge is 1.00 e. The standard InChI is InChI=1S/C11H26NO.HI/c1-4-6-8-12(3,10-11-13)9-7-5-2;/h13H,4-11H2,1-3H3;1H/q+1;/p-1. The molecule has 0 aromatic rings. The normalized spacial score (nSPS) is 11.1. The number of aliphatic hydroxyl groups is 1. The van der Waals surface area contributed by atoms with E-state index in [1.807, 2.05) is 0 Å². The highest BCUT2D eigenvalue weighted by atomic mass is 127. The summed E-state index contributed by atoms with van der Waals surface area (Å²) in [5.74, 6) is 0. The monoisotopic (exact) mass is 315 g/mol.